The molecule has 0 radical (unpaired) electrons. The Morgan fingerprint density at radius 1 is 1.06 bits per heavy atom. The van der Waals surface area contributed by atoms with E-state index in [9.17, 15) is 5.11 Å². The fourth-order valence-corrected chi connectivity index (χ4v) is 10.4. The minimum atomic E-state index is -1.76. The third-order valence-electron chi connectivity index (χ3n) is 11.6. The lowest BCUT2D eigenvalue weighted by molar-refractivity contribution is -0.143. The van der Waals surface area contributed by atoms with Crippen molar-refractivity contribution in [1.82, 2.24) is 0 Å². The van der Waals surface area contributed by atoms with Crippen LogP contribution in [0.25, 0.3) is 0 Å². The summed E-state index contributed by atoms with van der Waals surface area (Å²) in [7, 11) is -1.76. The molecule has 4 heteroatoms. The van der Waals surface area contributed by atoms with Gasteiger partial charge in [-0.3, -0.25) is 0 Å². The van der Waals surface area contributed by atoms with Crippen molar-refractivity contribution in [3.05, 3.63) is 34.5 Å². The predicted octanol–water partition coefficient (Wildman–Crippen LogP) is 8.14. The maximum atomic E-state index is 12.0. The van der Waals surface area contributed by atoms with Crippen LogP contribution in [0.15, 0.2) is 29.0 Å². The van der Waals surface area contributed by atoms with Crippen LogP contribution in [-0.2, 0) is 10.0 Å². The van der Waals surface area contributed by atoms with Crippen molar-refractivity contribution in [2.45, 2.75) is 109 Å². The molecule has 0 amide bonds. The van der Waals surface area contributed by atoms with Crippen LogP contribution >= 0.6 is 11.3 Å². The molecule has 0 spiro atoms. The predicted molar refractivity (Wildman–Crippen MR) is 142 cm³/mol. The lowest BCUT2D eigenvalue weighted by atomic mass is 9.45. The monoisotopic (exact) mass is 486 g/mol. The second-order valence-corrected chi connectivity index (χ2v) is 19.4. The number of hydrogen-bond acceptors (Lipinski definition) is 3. The molecule has 3 unspecified atom stereocenters. The van der Waals surface area contributed by atoms with Gasteiger partial charge in [0.05, 0.1) is 11.7 Å². The van der Waals surface area contributed by atoms with Crippen LogP contribution in [-0.4, -0.2) is 19.5 Å². The van der Waals surface area contributed by atoms with Gasteiger partial charge < -0.3 is 9.53 Å². The lowest BCUT2D eigenvalue weighted by Gasteiger charge is -2.60. The Morgan fingerprint density at radius 3 is 2.45 bits per heavy atom. The van der Waals surface area contributed by atoms with Crippen molar-refractivity contribution in [3.63, 3.8) is 0 Å². The average Bonchev–Trinajstić information content (AvgIpc) is 3.35. The minimum Gasteiger partial charge on any atom is -0.411 e. The number of allylic oxidation sites excluding steroid dienone is 1. The number of thiophene rings is 1. The fourth-order valence-electron chi connectivity index (χ4n) is 8.41. The van der Waals surface area contributed by atoms with Gasteiger partial charge in [-0.05, 0) is 115 Å². The first-order valence-electron chi connectivity index (χ1n) is 13.4. The zero-order valence-electron chi connectivity index (χ0n) is 22.0. The van der Waals surface area contributed by atoms with Gasteiger partial charge in [0.2, 0.25) is 0 Å². The van der Waals surface area contributed by atoms with E-state index in [2.05, 4.69) is 76.7 Å². The summed E-state index contributed by atoms with van der Waals surface area (Å²) < 4.78 is 6.85. The number of fused-ring (bicyclic) bond motifs is 5. The second-order valence-electron chi connectivity index (χ2n) is 13.9. The summed E-state index contributed by atoms with van der Waals surface area (Å²) in [5, 5.41) is 16.6. The SMILES string of the molecule is CC(C)(C)[Si](C)(C)OC1C=C[C@@]2(C)C(CC[C@@H]3[C@H]2CC[C@@]2(C)[C@H]3CCC2(O)c2ccsc2)C1. The maximum absolute atomic E-state index is 12.0. The van der Waals surface area contributed by atoms with E-state index < -0.39 is 13.9 Å². The van der Waals surface area contributed by atoms with Crippen LogP contribution in [0.5, 0.6) is 0 Å². The van der Waals surface area contributed by atoms with Gasteiger partial charge in [0.1, 0.15) is 0 Å². The van der Waals surface area contributed by atoms with Crippen molar-refractivity contribution >= 4 is 19.7 Å². The Morgan fingerprint density at radius 2 is 1.79 bits per heavy atom. The maximum Gasteiger partial charge on any atom is 0.192 e. The minimum absolute atomic E-state index is 0.0186. The van der Waals surface area contributed by atoms with Crippen molar-refractivity contribution in [2.24, 2.45) is 34.5 Å². The third-order valence-corrected chi connectivity index (χ3v) is 16.7. The summed E-state index contributed by atoms with van der Waals surface area (Å²) >= 11 is 1.73. The molecule has 0 aliphatic heterocycles. The number of hydrogen-bond donors (Lipinski definition) is 1. The van der Waals surface area contributed by atoms with E-state index in [-0.39, 0.29) is 10.5 Å². The molecule has 33 heavy (non-hydrogen) atoms. The van der Waals surface area contributed by atoms with Crippen molar-refractivity contribution in [3.8, 4) is 0 Å². The van der Waals surface area contributed by atoms with E-state index in [0.717, 1.165) is 30.6 Å². The van der Waals surface area contributed by atoms with Gasteiger partial charge in [-0.25, -0.2) is 0 Å². The molecule has 5 rings (SSSR count). The molecule has 1 N–H and O–H groups in total. The van der Waals surface area contributed by atoms with E-state index in [1.54, 1.807) is 11.3 Å². The smallest absolute Gasteiger partial charge is 0.192 e. The van der Waals surface area contributed by atoms with Crippen molar-refractivity contribution in [2.75, 3.05) is 0 Å². The molecule has 3 saturated carbocycles. The molecule has 3 fully saturated rings. The molecule has 1 heterocycles. The summed E-state index contributed by atoms with van der Waals surface area (Å²) in [4.78, 5) is 0. The third kappa shape index (κ3) is 3.52. The standard InChI is InChI=1S/C29H46O2SSi/c1-26(2,3)33(6,7)31-22-10-14-27(4)20(18-22)8-9-23-24(27)11-15-28(5)25(23)12-16-29(28,30)21-13-17-32-19-21/h10,13-14,17,19-20,22-25,30H,8-9,11-12,15-16,18H2,1-7H3/t20?,22?,23-,24-,25+,27+,28+,29?/m1/s1. The van der Waals surface area contributed by atoms with E-state index in [1.165, 1.54) is 37.7 Å². The average molecular weight is 487 g/mol. The zero-order valence-corrected chi connectivity index (χ0v) is 23.8. The Bertz CT molecular complexity index is 901. The van der Waals surface area contributed by atoms with Gasteiger partial charge in [-0.1, -0.05) is 46.8 Å². The van der Waals surface area contributed by atoms with Crippen LogP contribution in [0, 0.1) is 34.5 Å². The summed E-state index contributed by atoms with van der Waals surface area (Å²) in [6.45, 7) is 16.8. The lowest BCUT2D eigenvalue weighted by Crippen LogP contribution is -2.55. The van der Waals surface area contributed by atoms with E-state index in [1.807, 2.05) is 0 Å². The quantitative estimate of drug-likeness (QED) is 0.345. The zero-order chi connectivity index (χ0) is 23.9. The van der Waals surface area contributed by atoms with Gasteiger partial charge in [-0.15, -0.1) is 0 Å². The molecular weight excluding hydrogens is 440 g/mol. The Labute approximate surface area is 207 Å². The molecule has 0 aromatic carbocycles. The fraction of sp³-hybridized carbons (Fsp3) is 0.793. The van der Waals surface area contributed by atoms with Gasteiger partial charge in [0.25, 0.3) is 0 Å². The highest BCUT2D eigenvalue weighted by Crippen LogP contribution is 2.69. The van der Waals surface area contributed by atoms with Gasteiger partial charge in [0.15, 0.2) is 8.32 Å². The highest BCUT2D eigenvalue weighted by molar-refractivity contribution is 7.08. The molecule has 1 aromatic heterocycles. The highest BCUT2D eigenvalue weighted by Gasteiger charge is 2.64. The van der Waals surface area contributed by atoms with Gasteiger partial charge in [-0.2, -0.15) is 11.3 Å². The van der Waals surface area contributed by atoms with Crippen LogP contribution in [0.1, 0.15) is 85.1 Å². The van der Waals surface area contributed by atoms with Gasteiger partial charge >= 0.3 is 0 Å². The first kappa shape index (κ1) is 24.3. The molecule has 1 aromatic rings. The molecule has 2 nitrogen and oxygen atoms in total. The Hall–Kier alpha value is -0.423. The summed E-state index contributed by atoms with van der Waals surface area (Å²) in [6.07, 6.45) is 13.7. The van der Waals surface area contributed by atoms with Crippen LogP contribution in [0.2, 0.25) is 18.1 Å². The topological polar surface area (TPSA) is 29.5 Å². The van der Waals surface area contributed by atoms with E-state index in [4.69, 9.17) is 4.43 Å². The van der Waals surface area contributed by atoms with Gasteiger partial charge in [0, 0.05) is 5.41 Å². The molecule has 8 atom stereocenters. The van der Waals surface area contributed by atoms with Crippen LogP contribution < -0.4 is 0 Å². The van der Waals surface area contributed by atoms with E-state index >= 15 is 0 Å². The molecule has 4 aliphatic carbocycles. The molecular formula is C29H46O2SSi. The largest absolute Gasteiger partial charge is 0.411 e. The van der Waals surface area contributed by atoms with Crippen LogP contribution in [0.3, 0.4) is 0 Å². The summed E-state index contributed by atoms with van der Waals surface area (Å²) in [5.74, 6) is 2.89. The molecule has 0 saturated heterocycles. The van der Waals surface area contributed by atoms with E-state index in [0.29, 0.717) is 17.4 Å². The first-order valence-corrected chi connectivity index (χ1v) is 17.3. The molecule has 4 aliphatic rings. The Kier molecular flexibility index (Phi) is 5.73. The van der Waals surface area contributed by atoms with Crippen molar-refractivity contribution < 1.29 is 9.53 Å². The first-order chi connectivity index (χ1) is 15.3. The van der Waals surface area contributed by atoms with Crippen LogP contribution in [0.4, 0.5) is 0 Å². The van der Waals surface area contributed by atoms with Crippen molar-refractivity contribution in [1.29, 1.82) is 0 Å². The Balaban J connectivity index is 1.38. The summed E-state index contributed by atoms with van der Waals surface area (Å²) in [6, 6.07) is 2.18. The second kappa shape index (κ2) is 7.79. The number of aliphatic hydroxyl groups is 1. The number of rotatable bonds is 3. The normalized spacial score (nSPS) is 45.4. The highest BCUT2D eigenvalue weighted by atomic mass is 32.1. The molecule has 184 valence electrons. The molecule has 0 bridgehead atoms. The summed E-state index contributed by atoms with van der Waals surface area (Å²) in [5.41, 5.74) is 0.857.